The Morgan fingerprint density at radius 1 is 1.14 bits per heavy atom. The van der Waals surface area contributed by atoms with Crippen LogP contribution in [0.15, 0.2) is 36.5 Å². The van der Waals surface area contributed by atoms with Gasteiger partial charge in [0.05, 0.1) is 5.75 Å². The minimum atomic E-state index is -4.55. The molecule has 0 aliphatic heterocycles. The van der Waals surface area contributed by atoms with Crippen molar-refractivity contribution >= 4 is 15.9 Å². The van der Waals surface area contributed by atoms with Crippen molar-refractivity contribution in [2.75, 3.05) is 0 Å². The Morgan fingerprint density at radius 2 is 1.75 bits per heavy atom. The zero-order chi connectivity index (χ0) is 20.9. The van der Waals surface area contributed by atoms with Crippen molar-refractivity contribution in [3.63, 3.8) is 0 Å². The SMILES string of the molecule is CC(C)NS(=O)(=O)Cc1ccc(CNC(=O)Cn2ccc(C(F)(F)F)n2)cc1. The molecule has 0 spiro atoms. The zero-order valence-corrected chi connectivity index (χ0v) is 16.1. The van der Waals surface area contributed by atoms with E-state index in [2.05, 4.69) is 15.1 Å². The third-order valence-electron chi connectivity index (χ3n) is 3.52. The van der Waals surface area contributed by atoms with Gasteiger partial charge in [-0.1, -0.05) is 24.3 Å². The van der Waals surface area contributed by atoms with Gasteiger partial charge in [-0.2, -0.15) is 18.3 Å². The molecule has 0 fully saturated rings. The standard InChI is InChI=1S/C17H21F3N4O3S/c1-12(2)23-28(26,27)11-14-5-3-13(4-6-14)9-21-16(25)10-24-8-7-15(22-24)17(18,19)20/h3-8,12,23H,9-11H2,1-2H3,(H,21,25). The molecule has 2 rings (SSSR count). The summed E-state index contributed by atoms with van der Waals surface area (Å²) in [4.78, 5) is 11.9. The summed E-state index contributed by atoms with van der Waals surface area (Å²) in [6, 6.07) is 7.25. The highest BCUT2D eigenvalue weighted by Gasteiger charge is 2.33. The number of amides is 1. The minimum Gasteiger partial charge on any atom is -0.350 e. The fourth-order valence-corrected chi connectivity index (χ4v) is 3.81. The van der Waals surface area contributed by atoms with Gasteiger partial charge in [0.1, 0.15) is 6.54 Å². The molecule has 1 aromatic carbocycles. The number of hydrogen-bond acceptors (Lipinski definition) is 4. The number of nitrogens with zero attached hydrogens (tertiary/aromatic N) is 2. The van der Waals surface area contributed by atoms with E-state index in [1.165, 1.54) is 0 Å². The zero-order valence-electron chi connectivity index (χ0n) is 15.3. The Bertz CT molecular complexity index is 906. The number of alkyl halides is 3. The van der Waals surface area contributed by atoms with Gasteiger partial charge in [0.2, 0.25) is 15.9 Å². The molecule has 0 bridgehead atoms. The first-order valence-electron chi connectivity index (χ1n) is 8.40. The summed E-state index contributed by atoms with van der Waals surface area (Å²) in [5.41, 5.74) is 0.264. The smallest absolute Gasteiger partial charge is 0.350 e. The first-order chi connectivity index (χ1) is 12.9. The number of carbonyl (C=O) groups excluding carboxylic acids is 1. The van der Waals surface area contributed by atoms with Gasteiger partial charge in [-0.25, -0.2) is 13.1 Å². The number of aromatic nitrogens is 2. The minimum absolute atomic E-state index is 0.154. The molecule has 28 heavy (non-hydrogen) atoms. The first kappa shape index (κ1) is 21.9. The van der Waals surface area contributed by atoms with Crippen LogP contribution in [0.3, 0.4) is 0 Å². The van der Waals surface area contributed by atoms with Crippen molar-refractivity contribution in [1.29, 1.82) is 0 Å². The monoisotopic (exact) mass is 418 g/mol. The summed E-state index contributed by atoms with van der Waals surface area (Å²) in [6.45, 7) is 3.28. The van der Waals surface area contributed by atoms with Gasteiger partial charge in [-0.05, 0) is 31.0 Å². The topological polar surface area (TPSA) is 93.1 Å². The van der Waals surface area contributed by atoms with Crippen molar-refractivity contribution in [2.24, 2.45) is 0 Å². The second-order valence-electron chi connectivity index (χ2n) is 6.52. The molecule has 11 heteroatoms. The largest absolute Gasteiger partial charge is 0.435 e. The molecule has 1 amide bonds. The van der Waals surface area contributed by atoms with Crippen LogP contribution in [0.4, 0.5) is 13.2 Å². The van der Waals surface area contributed by atoms with Gasteiger partial charge in [-0.15, -0.1) is 0 Å². The lowest BCUT2D eigenvalue weighted by Crippen LogP contribution is -2.31. The van der Waals surface area contributed by atoms with Crippen LogP contribution in [0.25, 0.3) is 0 Å². The quantitative estimate of drug-likeness (QED) is 0.686. The molecule has 0 aliphatic rings. The number of nitrogens with one attached hydrogen (secondary N) is 2. The van der Waals surface area contributed by atoms with E-state index in [0.717, 1.165) is 22.5 Å². The van der Waals surface area contributed by atoms with E-state index in [0.29, 0.717) is 5.56 Å². The Labute approximate surface area is 161 Å². The summed E-state index contributed by atoms with van der Waals surface area (Å²) in [7, 11) is -3.43. The van der Waals surface area contributed by atoms with E-state index in [1.807, 2.05) is 0 Å². The Hall–Kier alpha value is -2.40. The summed E-state index contributed by atoms with van der Waals surface area (Å²) >= 11 is 0. The van der Waals surface area contributed by atoms with Gasteiger partial charge in [-0.3, -0.25) is 9.48 Å². The van der Waals surface area contributed by atoms with E-state index >= 15 is 0 Å². The van der Waals surface area contributed by atoms with Crippen LogP contribution in [-0.4, -0.2) is 30.1 Å². The molecular formula is C17H21F3N4O3S. The summed E-state index contributed by atoms with van der Waals surface area (Å²) in [5, 5.41) is 5.89. The van der Waals surface area contributed by atoms with Crippen molar-refractivity contribution in [3.8, 4) is 0 Å². The lowest BCUT2D eigenvalue weighted by molar-refractivity contribution is -0.141. The van der Waals surface area contributed by atoms with Crippen molar-refractivity contribution in [3.05, 3.63) is 53.3 Å². The average Bonchev–Trinajstić information content (AvgIpc) is 3.01. The number of carbonyl (C=O) groups is 1. The van der Waals surface area contributed by atoms with Crippen LogP contribution in [0.2, 0.25) is 0 Å². The number of rotatable bonds is 8. The molecule has 2 N–H and O–H groups in total. The van der Waals surface area contributed by atoms with Crippen molar-refractivity contribution in [1.82, 2.24) is 19.8 Å². The predicted molar refractivity (Wildman–Crippen MR) is 96.4 cm³/mol. The van der Waals surface area contributed by atoms with Crippen LogP contribution < -0.4 is 10.0 Å². The highest BCUT2D eigenvalue weighted by Crippen LogP contribution is 2.27. The number of sulfonamides is 1. The van der Waals surface area contributed by atoms with Crippen LogP contribution >= 0.6 is 0 Å². The third-order valence-corrected chi connectivity index (χ3v) is 5.07. The first-order valence-corrected chi connectivity index (χ1v) is 10.0. The normalized spacial score (nSPS) is 12.4. The van der Waals surface area contributed by atoms with E-state index in [4.69, 9.17) is 0 Å². The summed E-state index contributed by atoms with van der Waals surface area (Å²) in [6.07, 6.45) is -3.47. The summed E-state index contributed by atoms with van der Waals surface area (Å²) in [5.74, 6) is -0.650. The molecule has 7 nitrogen and oxygen atoms in total. The Morgan fingerprint density at radius 3 is 2.29 bits per heavy atom. The van der Waals surface area contributed by atoms with Gasteiger partial charge >= 0.3 is 6.18 Å². The van der Waals surface area contributed by atoms with Crippen molar-refractivity contribution in [2.45, 2.75) is 44.9 Å². The van der Waals surface area contributed by atoms with Crippen LogP contribution in [0, 0.1) is 0 Å². The molecule has 154 valence electrons. The van der Waals surface area contributed by atoms with Crippen LogP contribution in [-0.2, 0) is 39.8 Å². The van der Waals surface area contributed by atoms with Gasteiger partial charge in [0.15, 0.2) is 5.69 Å². The van der Waals surface area contributed by atoms with E-state index < -0.39 is 27.8 Å². The molecule has 0 atom stereocenters. The van der Waals surface area contributed by atoms with Gasteiger partial charge < -0.3 is 5.32 Å². The molecule has 1 aromatic heterocycles. The Kier molecular flexibility index (Phi) is 6.83. The average molecular weight is 418 g/mol. The van der Waals surface area contributed by atoms with E-state index in [-0.39, 0.29) is 24.9 Å². The van der Waals surface area contributed by atoms with E-state index in [1.54, 1.807) is 38.1 Å². The van der Waals surface area contributed by atoms with Crippen molar-refractivity contribution < 1.29 is 26.4 Å². The molecule has 0 unspecified atom stereocenters. The lowest BCUT2D eigenvalue weighted by atomic mass is 10.1. The van der Waals surface area contributed by atoms with Gasteiger partial charge in [0, 0.05) is 18.8 Å². The molecule has 1 heterocycles. The third kappa shape index (κ3) is 6.97. The molecular weight excluding hydrogens is 397 g/mol. The van der Waals surface area contributed by atoms with Gasteiger partial charge in [0.25, 0.3) is 0 Å². The number of hydrogen-bond donors (Lipinski definition) is 2. The predicted octanol–water partition coefficient (Wildman–Crippen LogP) is 2.05. The second kappa shape index (κ2) is 8.74. The molecule has 0 saturated carbocycles. The van der Waals surface area contributed by atoms with E-state index in [9.17, 15) is 26.4 Å². The fourth-order valence-electron chi connectivity index (χ4n) is 2.38. The molecule has 0 saturated heterocycles. The summed E-state index contributed by atoms with van der Waals surface area (Å²) < 4.78 is 64.7. The fraction of sp³-hybridized carbons (Fsp3) is 0.412. The maximum absolute atomic E-state index is 12.5. The molecule has 2 aromatic rings. The molecule has 0 aliphatic carbocycles. The number of halogens is 3. The number of benzene rings is 1. The highest BCUT2D eigenvalue weighted by molar-refractivity contribution is 7.88. The maximum Gasteiger partial charge on any atom is 0.435 e. The van der Waals surface area contributed by atoms with Crippen LogP contribution in [0.5, 0.6) is 0 Å². The van der Waals surface area contributed by atoms with Crippen LogP contribution in [0.1, 0.15) is 30.7 Å². The Balaban J connectivity index is 1.86. The highest BCUT2D eigenvalue weighted by atomic mass is 32.2. The maximum atomic E-state index is 12.5. The molecule has 0 radical (unpaired) electrons. The second-order valence-corrected chi connectivity index (χ2v) is 8.28. The lowest BCUT2D eigenvalue weighted by Gasteiger charge is -2.10.